The number of hydrogen-bond donors (Lipinski definition) is 1. The summed E-state index contributed by atoms with van der Waals surface area (Å²) >= 11 is 0. The molecule has 1 unspecified atom stereocenters. The topological polar surface area (TPSA) is 38.3 Å². The van der Waals surface area contributed by atoms with E-state index in [9.17, 15) is 13.6 Å². The van der Waals surface area contributed by atoms with Crippen LogP contribution in [0.25, 0.3) is 0 Å². The molecule has 92 valence electrons. The van der Waals surface area contributed by atoms with Crippen molar-refractivity contribution in [3.8, 4) is 5.75 Å². The van der Waals surface area contributed by atoms with Gasteiger partial charge in [0.15, 0.2) is 0 Å². The van der Waals surface area contributed by atoms with Gasteiger partial charge in [-0.25, -0.2) is 0 Å². The maximum absolute atomic E-state index is 12.1. The van der Waals surface area contributed by atoms with Crippen molar-refractivity contribution < 1.29 is 18.3 Å². The van der Waals surface area contributed by atoms with Gasteiger partial charge in [0.05, 0.1) is 5.92 Å². The van der Waals surface area contributed by atoms with Crippen LogP contribution in [-0.2, 0) is 4.79 Å². The SMILES string of the molecule is CCCC1C(=O)Nc2ccc(OC(F)F)cc21. The van der Waals surface area contributed by atoms with Crippen molar-refractivity contribution in [2.75, 3.05) is 5.32 Å². The third kappa shape index (κ3) is 2.38. The van der Waals surface area contributed by atoms with E-state index in [2.05, 4.69) is 10.1 Å². The van der Waals surface area contributed by atoms with Crippen molar-refractivity contribution in [3.63, 3.8) is 0 Å². The van der Waals surface area contributed by atoms with Gasteiger partial charge in [-0.05, 0) is 30.2 Å². The van der Waals surface area contributed by atoms with Crippen LogP contribution in [0, 0.1) is 0 Å². The summed E-state index contributed by atoms with van der Waals surface area (Å²) in [7, 11) is 0. The van der Waals surface area contributed by atoms with Gasteiger partial charge >= 0.3 is 6.61 Å². The van der Waals surface area contributed by atoms with Crippen LogP contribution in [-0.4, -0.2) is 12.5 Å². The minimum atomic E-state index is -2.84. The first-order valence-electron chi connectivity index (χ1n) is 5.51. The second kappa shape index (κ2) is 4.69. The van der Waals surface area contributed by atoms with Gasteiger partial charge in [0.1, 0.15) is 5.75 Å². The Hall–Kier alpha value is -1.65. The number of benzene rings is 1. The number of amides is 1. The smallest absolute Gasteiger partial charge is 0.387 e. The summed E-state index contributed by atoms with van der Waals surface area (Å²) in [6.07, 6.45) is 1.56. The summed E-state index contributed by atoms with van der Waals surface area (Å²) in [6, 6.07) is 4.54. The fraction of sp³-hybridized carbons (Fsp3) is 0.417. The van der Waals surface area contributed by atoms with E-state index in [0.29, 0.717) is 12.1 Å². The van der Waals surface area contributed by atoms with Crippen molar-refractivity contribution in [3.05, 3.63) is 23.8 Å². The summed E-state index contributed by atoms with van der Waals surface area (Å²) in [5, 5.41) is 2.73. The molecule has 0 radical (unpaired) electrons. The molecular formula is C12H13F2NO2. The van der Waals surface area contributed by atoms with Gasteiger partial charge in [-0.1, -0.05) is 13.3 Å². The molecule has 17 heavy (non-hydrogen) atoms. The maximum atomic E-state index is 12.1. The monoisotopic (exact) mass is 241 g/mol. The Morgan fingerprint density at radius 1 is 1.47 bits per heavy atom. The van der Waals surface area contributed by atoms with E-state index in [1.54, 1.807) is 6.07 Å². The van der Waals surface area contributed by atoms with Gasteiger partial charge in [0.25, 0.3) is 0 Å². The second-order valence-electron chi connectivity index (χ2n) is 3.96. The van der Waals surface area contributed by atoms with Gasteiger partial charge in [-0.3, -0.25) is 4.79 Å². The zero-order chi connectivity index (χ0) is 12.4. The molecule has 0 bridgehead atoms. The van der Waals surface area contributed by atoms with Gasteiger partial charge in [0, 0.05) is 5.69 Å². The average Bonchev–Trinajstić information content (AvgIpc) is 2.55. The summed E-state index contributed by atoms with van der Waals surface area (Å²) in [5.74, 6) is -0.233. The van der Waals surface area contributed by atoms with Crippen LogP contribution in [0.1, 0.15) is 31.2 Å². The number of carbonyl (C=O) groups is 1. The molecule has 0 aliphatic carbocycles. The lowest BCUT2D eigenvalue weighted by atomic mass is 9.96. The first-order chi connectivity index (χ1) is 8.11. The Kier molecular flexibility index (Phi) is 3.26. The number of carbonyl (C=O) groups excluding carboxylic acids is 1. The lowest BCUT2D eigenvalue weighted by Crippen LogP contribution is -2.11. The highest BCUT2D eigenvalue weighted by Crippen LogP contribution is 2.37. The van der Waals surface area contributed by atoms with E-state index in [-0.39, 0.29) is 17.6 Å². The van der Waals surface area contributed by atoms with Crippen LogP contribution < -0.4 is 10.1 Å². The zero-order valence-electron chi connectivity index (χ0n) is 9.37. The Labute approximate surface area is 97.8 Å². The first kappa shape index (κ1) is 11.8. The molecular weight excluding hydrogens is 228 g/mol. The highest BCUT2D eigenvalue weighted by atomic mass is 19.3. The molecule has 1 atom stereocenters. The average molecular weight is 241 g/mol. The molecule has 1 heterocycles. The molecule has 1 amide bonds. The number of ether oxygens (including phenoxy) is 1. The van der Waals surface area contributed by atoms with E-state index >= 15 is 0 Å². The Bertz CT molecular complexity index is 435. The highest BCUT2D eigenvalue weighted by molar-refractivity contribution is 6.03. The second-order valence-corrected chi connectivity index (χ2v) is 3.96. The lowest BCUT2D eigenvalue weighted by molar-refractivity contribution is -0.117. The number of halogens is 2. The Balaban J connectivity index is 2.28. The molecule has 1 N–H and O–H groups in total. The summed E-state index contributed by atoms with van der Waals surface area (Å²) < 4.78 is 28.5. The lowest BCUT2D eigenvalue weighted by Gasteiger charge is -2.09. The molecule has 2 rings (SSSR count). The van der Waals surface area contributed by atoms with Crippen molar-refractivity contribution in [1.29, 1.82) is 0 Å². The fourth-order valence-corrected chi connectivity index (χ4v) is 2.06. The Morgan fingerprint density at radius 2 is 2.24 bits per heavy atom. The quantitative estimate of drug-likeness (QED) is 0.879. The van der Waals surface area contributed by atoms with Gasteiger partial charge in [-0.15, -0.1) is 0 Å². The fourth-order valence-electron chi connectivity index (χ4n) is 2.06. The minimum Gasteiger partial charge on any atom is -0.435 e. The van der Waals surface area contributed by atoms with Crippen molar-refractivity contribution in [2.45, 2.75) is 32.3 Å². The molecule has 1 aliphatic rings. The third-order valence-electron chi connectivity index (χ3n) is 2.78. The summed E-state index contributed by atoms with van der Waals surface area (Å²) in [6.45, 7) is -0.868. The van der Waals surface area contributed by atoms with E-state index in [1.807, 2.05) is 6.92 Å². The molecule has 0 aromatic heterocycles. The van der Waals surface area contributed by atoms with Gasteiger partial charge in [-0.2, -0.15) is 8.78 Å². The zero-order valence-corrected chi connectivity index (χ0v) is 9.37. The van der Waals surface area contributed by atoms with Gasteiger partial charge < -0.3 is 10.1 Å². The normalized spacial score (nSPS) is 18.1. The van der Waals surface area contributed by atoms with Gasteiger partial charge in [0.2, 0.25) is 5.91 Å². The molecule has 1 aromatic carbocycles. The predicted molar refractivity (Wildman–Crippen MR) is 59.4 cm³/mol. The van der Waals surface area contributed by atoms with Crippen LogP contribution >= 0.6 is 0 Å². The van der Waals surface area contributed by atoms with Crippen LogP contribution in [0.15, 0.2) is 18.2 Å². The molecule has 0 saturated heterocycles. The number of alkyl halides is 2. The standard InChI is InChI=1S/C12H13F2NO2/c1-2-3-8-9-6-7(17-12(13)14)4-5-10(9)15-11(8)16/h4-6,8,12H,2-3H2,1H3,(H,15,16). The van der Waals surface area contributed by atoms with E-state index < -0.39 is 6.61 Å². The summed E-state index contributed by atoms with van der Waals surface area (Å²) in [5.41, 5.74) is 1.44. The highest BCUT2D eigenvalue weighted by Gasteiger charge is 2.30. The number of nitrogens with one attached hydrogen (secondary N) is 1. The predicted octanol–water partition coefficient (Wildman–Crippen LogP) is 3.12. The van der Waals surface area contributed by atoms with Crippen LogP contribution in [0.4, 0.5) is 14.5 Å². The molecule has 1 aliphatic heterocycles. The largest absolute Gasteiger partial charge is 0.435 e. The maximum Gasteiger partial charge on any atom is 0.387 e. The Morgan fingerprint density at radius 3 is 2.88 bits per heavy atom. The molecule has 0 fully saturated rings. The van der Waals surface area contributed by atoms with Crippen molar-refractivity contribution in [1.82, 2.24) is 0 Å². The summed E-state index contributed by atoms with van der Waals surface area (Å²) in [4.78, 5) is 11.7. The van der Waals surface area contributed by atoms with Crippen LogP contribution in [0.3, 0.4) is 0 Å². The third-order valence-corrected chi connectivity index (χ3v) is 2.78. The van der Waals surface area contributed by atoms with Crippen LogP contribution in [0.5, 0.6) is 5.75 Å². The number of fused-ring (bicyclic) bond motifs is 1. The molecule has 5 heteroatoms. The molecule has 0 saturated carbocycles. The number of rotatable bonds is 4. The molecule has 1 aromatic rings. The molecule has 0 spiro atoms. The first-order valence-corrected chi connectivity index (χ1v) is 5.51. The van der Waals surface area contributed by atoms with Crippen molar-refractivity contribution >= 4 is 11.6 Å². The number of anilines is 1. The number of hydrogen-bond acceptors (Lipinski definition) is 2. The van der Waals surface area contributed by atoms with E-state index in [1.165, 1.54) is 12.1 Å². The molecule has 3 nitrogen and oxygen atoms in total. The van der Waals surface area contributed by atoms with E-state index in [4.69, 9.17) is 0 Å². The van der Waals surface area contributed by atoms with Crippen molar-refractivity contribution in [2.24, 2.45) is 0 Å². The van der Waals surface area contributed by atoms with Crippen LogP contribution in [0.2, 0.25) is 0 Å². The minimum absolute atomic E-state index is 0.0731. The van der Waals surface area contributed by atoms with E-state index in [0.717, 1.165) is 12.0 Å².